The molecule has 0 bridgehead atoms. The first kappa shape index (κ1) is 19.7. The monoisotopic (exact) mass is 384 g/mol. The van der Waals surface area contributed by atoms with Crippen molar-refractivity contribution >= 4 is 23.5 Å². The Morgan fingerprint density at radius 3 is 2.32 bits per heavy atom. The van der Waals surface area contributed by atoms with Gasteiger partial charge in [-0.3, -0.25) is 9.59 Å². The summed E-state index contributed by atoms with van der Waals surface area (Å²) in [6.45, 7) is 3.03. The van der Waals surface area contributed by atoms with E-state index in [9.17, 15) is 14.4 Å². The SMILES string of the molecule is C[C@@H](OC(=O)c1ccc(NC(=O)c2ccco2)cc1)C(=O)N1CCCCCC1. The summed E-state index contributed by atoms with van der Waals surface area (Å²) in [5.74, 6) is -0.904. The molecule has 0 unspecified atom stereocenters. The van der Waals surface area contributed by atoms with Gasteiger partial charge in [0.2, 0.25) is 0 Å². The normalized spacial score (nSPS) is 15.4. The number of nitrogens with zero attached hydrogens (tertiary/aromatic N) is 1. The van der Waals surface area contributed by atoms with E-state index < -0.39 is 12.1 Å². The lowest BCUT2D eigenvalue weighted by Crippen LogP contribution is -2.40. The fraction of sp³-hybridized carbons (Fsp3) is 0.381. The minimum Gasteiger partial charge on any atom is -0.459 e. The fourth-order valence-electron chi connectivity index (χ4n) is 3.12. The van der Waals surface area contributed by atoms with E-state index in [1.54, 1.807) is 48.2 Å². The molecule has 7 heteroatoms. The first-order valence-corrected chi connectivity index (χ1v) is 9.49. The number of carbonyl (C=O) groups is 3. The molecule has 0 aliphatic carbocycles. The van der Waals surface area contributed by atoms with Crippen LogP contribution in [0.2, 0.25) is 0 Å². The lowest BCUT2D eigenvalue weighted by Gasteiger charge is -2.24. The second-order valence-electron chi connectivity index (χ2n) is 6.80. The molecule has 3 rings (SSSR count). The van der Waals surface area contributed by atoms with Gasteiger partial charge in [0.25, 0.3) is 11.8 Å². The zero-order chi connectivity index (χ0) is 19.9. The molecule has 1 aliphatic rings. The maximum atomic E-state index is 12.5. The first-order chi connectivity index (χ1) is 13.5. The molecule has 1 aromatic heterocycles. The molecule has 148 valence electrons. The van der Waals surface area contributed by atoms with Gasteiger partial charge in [0.05, 0.1) is 11.8 Å². The Morgan fingerprint density at radius 1 is 1.04 bits per heavy atom. The Balaban J connectivity index is 1.55. The average Bonchev–Trinajstić information content (AvgIpc) is 3.11. The van der Waals surface area contributed by atoms with Gasteiger partial charge in [0.1, 0.15) is 0 Å². The van der Waals surface area contributed by atoms with Crippen LogP contribution < -0.4 is 5.32 Å². The van der Waals surface area contributed by atoms with Crippen LogP contribution >= 0.6 is 0 Å². The largest absolute Gasteiger partial charge is 0.459 e. The molecule has 28 heavy (non-hydrogen) atoms. The van der Waals surface area contributed by atoms with Gasteiger partial charge >= 0.3 is 5.97 Å². The summed E-state index contributed by atoms with van der Waals surface area (Å²) in [6, 6.07) is 9.47. The van der Waals surface area contributed by atoms with Crippen molar-refractivity contribution in [1.29, 1.82) is 0 Å². The van der Waals surface area contributed by atoms with Crippen molar-refractivity contribution in [2.45, 2.75) is 38.7 Å². The van der Waals surface area contributed by atoms with Crippen LogP contribution in [0.4, 0.5) is 5.69 Å². The molecule has 1 N–H and O–H groups in total. The second-order valence-corrected chi connectivity index (χ2v) is 6.80. The van der Waals surface area contributed by atoms with Crippen molar-refractivity contribution < 1.29 is 23.5 Å². The molecular weight excluding hydrogens is 360 g/mol. The van der Waals surface area contributed by atoms with Crippen LogP contribution in [0.3, 0.4) is 0 Å². The number of benzene rings is 1. The van der Waals surface area contributed by atoms with E-state index in [1.807, 2.05) is 0 Å². The van der Waals surface area contributed by atoms with E-state index in [0.29, 0.717) is 24.3 Å². The number of hydrogen-bond acceptors (Lipinski definition) is 5. The molecule has 1 aliphatic heterocycles. The number of hydrogen-bond donors (Lipinski definition) is 1. The van der Waals surface area contributed by atoms with Crippen molar-refractivity contribution in [3.05, 3.63) is 54.0 Å². The standard InChI is InChI=1S/C21H24N2O5/c1-15(20(25)23-12-4-2-3-5-13-23)28-21(26)16-8-10-17(11-9-16)22-19(24)18-7-6-14-27-18/h6-11,14-15H,2-5,12-13H2,1H3,(H,22,24)/t15-/m1/s1. The maximum Gasteiger partial charge on any atom is 0.338 e. The summed E-state index contributed by atoms with van der Waals surface area (Å²) in [5.41, 5.74) is 0.832. The van der Waals surface area contributed by atoms with E-state index in [4.69, 9.17) is 9.15 Å². The number of anilines is 1. The van der Waals surface area contributed by atoms with Gasteiger partial charge < -0.3 is 19.4 Å². The molecule has 7 nitrogen and oxygen atoms in total. The van der Waals surface area contributed by atoms with Crippen LogP contribution in [0.25, 0.3) is 0 Å². The van der Waals surface area contributed by atoms with Crippen LogP contribution in [0.5, 0.6) is 0 Å². The molecule has 2 heterocycles. The van der Waals surface area contributed by atoms with Gasteiger partial charge in [-0.1, -0.05) is 12.8 Å². The lowest BCUT2D eigenvalue weighted by atomic mass is 10.2. The zero-order valence-electron chi connectivity index (χ0n) is 15.8. The Bertz CT molecular complexity index is 806. The number of likely N-dealkylation sites (tertiary alicyclic amines) is 1. The molecule has 1 atom stereocenters. The van der Waals surface area contributed by atoms with E-state index >= 15 is 0 Å². The van der Waals surface area contributed by atoms with E-state index in [2.05, 4.69) is 5.32 Å². The quantitative estimate of drug-likeness (QED) is 0.797. The topological polar surface area (TPSA) is 88.8 Å². The van der Waals surface area contributed by atoms with E-state index in [0.717, 1.165) is 25.7 Å². The molecule has 1 saturated heterocycles. The summed E-state index contributed by atoms with van der Waals surface area (Å²) < 4.78 is 10.4. The number of furan rings is 1. The third-order valence-corrected chi connectivity index (χ3v) is 4.67. The molecular formula is C21H24N2O5. The van der Waals surface area contributed by atoms with Gasteiger partial charge in [0, 0.05) is 18.8 Å². The molecule has 0 radical (unpaired) electrons. The number of nitrogens with one attached hydrogen (secondary N) is 1. The highest BCUT2D eigenvalue weighted by Crippen LogP contribution is 2.15. The summed E-state index contributed by atoms with van der Waals surface area (Å²) in [5, 5.41) is 2.67. The van der Waals surface area contributed by atoms with Crippen LogP contribution in [0, 0.1) is 0 Å². The van der Waals surface area contributed by atoms with Gasteiger partial charge in [-0.15, -0.1) is 0 Å². The van der Waals surface area contributed by atoms with Gasteiger partial charge in [0.15, 0.2) is 11.9 Å². The third-order valence-electron chi connectivity index (χ3n) is 4.67. The van der Waals surface area contributed by atoms with Gasteiger partial charge in [-0.2, -0.15) is 0 Å². The highest BCUT2D eigenvalue weighted by atomic mass is 16.5. The summed E-state index contributed by atoms with van der Waals surface area (Å²) in [4.78, 5) is 38.6. The molecule has 1 fully saturated rings. The predicted octanol–water partition coefficient (Wildman–Crippen LogP) is 3.48. The number of amides is 2. The lowest BCUT2D eigenvalue weighted by molar-refractivity contribution is -0.139. The minimum atomic E-state index is -0.830. The molecule has 2 amide bonds. The second kappa shape index (κ2) is 9.21. The Morgan fingerprint density at radius 2 is 1.71 bits per heavy atom. The first-order valence-electron chi connectivity index (χ1n) is 9.49. The van der Waals surface area contributed by atoms with E-state index in [1.165, 1.54) is 6.26 Å². The number of carbonyl (C=O) groups excluding carboxylic acids is 3. The third kappa shape index (κ3) is 5.00. The van der Waals surface area contributed by atoms with Crippen LogP contribution in [0.15, 0.2) is 47.1 Å². The Kier molecular flexibility index (Phi) is 6.47. The maximum absolute atomic E-state index is 12.5. The number of ether oxygens (including phenoxy) is 1. The van der Waals surface area contributed by atoms with Crippen LogP contribution in [-0.2, 0) is 9.53 Å². The van der Waals surface area contributed by atoms with Crippen LogP contribution in [-0.4, -0.2) is 41.9 Å². The van der Waals surface area contributed by atoms with Crippen molar-refractivity contribution in [2.24, 2.45) is 0 Å². The van der Waals surface area contributed by atoms with Crippen molar-refractivity contribution in [1.82, 2.24) is 4.90 Å². The van der Waals surface area contributed by atoms with Crippen molar-refractivity contribution in [3.8, 4) is 0 Å². The Hall–Kier alpha value is -3.09. The predicted molar refractivity (Wildman–Crippen MR) is 103 cm³/mol. The summed E-state index contributed by atoms with van der Waals surface area (Å²) >= 11 is 0. The zero-order valence-corrected chi connectivity index (χ0v) is 15.8. The average molecular weight is 384 g/mol. The molecule has 0 spiro atoms. The summed E-state index contributed by atoms with van der Waals surface area (Å²) in [6.07, 6.45) is 4.81. The number of esters is 1. The van der Waals surface area contributed by atoms with Crippen molar-refractivity contribution in [3.63, 3.8) is 0 Å². The molecule has 1 aromatic carbocycles. The molecule has 0 saturated carbocycles. The number of rotatable bonds is 5. The van der Waals surface area contributed by atoms with Crippen LogP contribution in [0.1, 0.15) is 53.5 Å². The Labute approximate surface area is 163 Å². The van der Waals surface area contributed by atoms with Crippen molar-refractivity contribution in [2.75, 3.05) is 18.4 Å². The fourth-order valence-corrected chi connectivity index (χ4v) is 3.12. The summed E-state index contributed by atoms with van der Waals surface area (Å²) in [7, 11) is 0. The smallest absolute Gasteiger partial charge is 0.338 e. The van der Waals surface area contributed by atoms with E-state index in [-0.39, 0.29) is 17.6 Å². The highest BCUT2D eigenvalue weighted by molar-refractivity contribution is 6.02. The highest BCUT2D eigenvalue weighted by Gasteiger charge is 2.25. The van der Waals surface area contributed by atoms with Gasteiger partial charge in [-0.05, 0) is 56.2 Å². The van der Waals surface area contributed by atoms with Gasteiger partial charge in [-0.25, -0.2) is 4.79 Å². The molecule has 2 aromatic rings. The minimum absolute atomic E-state index is 0.155.